The van der Waals surface area contributed by atoms with Crippen LogP contribution in [-0.2, 0) is 4.74 Å². The van der Waals surface area contributed by atoms with Crippen molar-refractivity contribution in [1.82, 2.24) is 5.32 Å². The summed E-state index contributed by atoms with van der Waals surface area (Å²) in [5.74, 6) is 3.00. The first-order valence-corrected chi connectivity index (χ1v) is 6.95. The Morgan fingerprint density at radius 3 is 2.81 bits per heavy atom. The highest BCUT2D eigenvalue weighted by Gasteiger charge is 2.56. The lowest BCUT2D eigenvalue weighted by Crippen LogP contribution is -2.35. The Kier molecular flexibility index (Phi) is 2.93. The van der Waals surface area contributed by atoms with Gasteiger partial charge in [-0.2, -0.15) is 0 Å². The molecule has 1 N–H and O–H groups in total. The number of hydrogen-bond acceptors (Lipinski definition) is 2. The third kappa shape index (κ3) is 1.77. The predicted octanol–water partition coefficient (Wildman–Crippen LogP) is 2.70. The van der Waals surface area contributed by atoms with E-state index in [4.69, 9.17) is 4.74 Å². The van der Waals surface area contributed by atoms with E-state index in [2.05, 4.69) is 12.2 Å². The van der Waals surface area contributed by atoms with Crippen molar-refractivity contribution in [1.29, 1.82) is 0 Å². The molecule has 0 bridgehead atoms. The van der Waals surface area contributed by atoms with Gasteiger partial charge >= 0.3 is 0 Å². The molecule has 3 atom stereocenters. The molecule has 0 amide bonds. The third-order valence-electron chi connectivity index (χ3n) is 4.64. The Labute approximate surface area is 98.4 Å². The Morgan fingerprint density at radius 2 is 2.19 bits per heavy atom. The van der Waals surface area contributed by atoms with Crippen LogP contribution in [0.4, 0.5) is 0 Å². The minimum atomic E-state index is 0.626. The summed E-state index contributed by atoms with van der Waals surface area (Å²) < 4.78 is 5.51. The molecule has 0 spiro atoms. The van der Waals surface area contributed by atoms with Crippen LogP contribution in [0.1, 0.15) is 39.0 Å². The summed E-state index contributed by atoms with van der Waals surface area (Å²) in [6.07, 6.45) is 8.92. The van der Waals surface area contributed by atoms with Gasteiger partial charge in [0.05, 0.1) is 12.9 Å². The molecule has 2 nitrogen and oxygen atoms in total. The molecule has 0 aromatic heterocycles. The second-order valence-corrected chi connectivity index (χ2v) is 5.54. The summed E-state index contributed by atoms with van der Waals surface area (Å²) in [6, 6.07) is 0.626. The van der Waals surface area contributed by atoms with Gasteiger partial charge in [-0.05, 0) is 55.6 Å². The highest BCUT2D eigenvalue weighted by molar-refractivity contribution is 5.20. The molecule has 1 heterocycles. The lowest BCUT2D eigenvalue weighted by atomic mass is 9.94. The van der Waals surface area contributed by atoms with Crippen LogP contribution in [0, 0.1) is 17.8 Å². The minimum absolute atomic E-state index is 0.626. The van der Waals surface area contributed by atoms with E-state index in [1.165, 1.54) is 37.7 Å². The van der Waals surface area contributed by atoms with Gasteiger partial charge < -0.3 is 10.1 Å². The zero-order chi connectivity index (χ0) is 11.0. The first-order chi connectivity index (χ1) is 7.92. The molecule has 2 heteroatoms. The summed E-state index contributed by atoms with van der Waals surface area (Å²) in [6.45, 7) is 4.22. The summed E-state index contributed by atoms with van der Waals surface area (Å²) in [4.78, 5) is 0. The van der Waals surface area contributed by atoms with Crippen molar-refractivity contribution in [2.24, 2.45) is 17.8 Å². The van der Waals surface area contributed by atoms with Gasteiger partial charge in [-0.15, -0.1) is 0 Å². The van der Waals surface area contributed by atoms with Crippen molar-refractivity contribution >= 4 is 0 Å². The fourth-order valence-electron chi connectivity index (χ4n) is 3.92. The maximum Gasteiger partial charge on any atom is 0.0876 e. The van der Waals surface area contributed by atoms with Crippen molar-refractivity contribution in [2.75, 3.05) is 13.2 Å². The van der Waals surface area contributed by atoms with Crippen molar-refractivity contribution in [2.45, 2.75) is 45.1 Å². The van der Waals surface area contributed by atoms with Crippen LogP contribution in [0.2, 0.25) is 0 Å². The molecule has 0 radical (unpaired) electrons. The van der Waals surface area contributed by atoms with Crippen LogP contribution in [0.15, 0.2) is 11.8 Å². The second-order valence-electron chi connectivity index (χ2n) is 5.54. The van der Waals surface area contributed by atoms with Crippen molar-refractivity contribution < 1.29 is 4.74 Å². The first kappa shape index (κ1) is 10.6. The average molecular weight is 221 g/mol. The molecule has 3 rings (SSSR count). The van der Waals surface area contributed by atoms with Crippen molar-refractivity contribution in [3.8, 4) is 0 Å². The van der Waals surface area contributed by atoms with E-state index < -0.39 is 0 Å². The molecule has 1 aliphatic heterocycles. The zero-order valence-corrected chi connectivity index (χ0v) is 10.2. The molecule has 16 heavy (non-hydrogen) atoms. The Balaban J connectivity index is 1.69. The largest absolute Gasteiger partial charge is 0.501 e. The highest BCUT2D eigenvalue weighted by Crippen LogP contribution is 2.60. The zero-order valence-electron chi connectivity index (χ0n) is 10.2. The lowest BCUT2D eigenvalue weighted by Gasteiger charge is -2.25. The van der Waals surface area contributed by atoms with E-state index in [1.807, 2.05) is 6.26 Å². The summed E-state index contributed by atoms with van der Waals surface area (Å²) in [5, 5.41) is 3.69. The van der Waals surface area contributed by atoms with E-state index >= 15 is 0 Å². The van der Waals surface area contributed by atoms with Crippen LogP contribution in [0.5, 0.6) is 0 Å². The molecule has 2 saturated carbocycles. The first-order valence-electron chi connectivity index (χ1n) is 6.95. The topological polar surface area (TPSA) is 21.3 Å². The molecule has 2 fully saturated rings. The van der Waals surface area contributed by atoms with Gasteiger partial charge in [0, 0.05) is 6.04 Å². The Morgan fingerprint density at radius 1 is 1.38 bits per heavy atom. The van der Waals surface area contributed by atoms with Crippen LogP contribution in [-0.4, -0.2) is 19.2 Å². The molecule has 0 saturated heterocycles. The molecule has 2 aliphatic carbocycles. The van der Waals surface area contributed by atoms with Crippen LogP contribution >= 0.6 is 0 Å². The lowest BCUT2D eigenvalue weighted by molar-refractivity contribution is 0.216. The smallest absolute Gasteiger partial charge is 0.0876 e. The normalized spacial score (nSPS) is 38.6. The van der Waals surface area contributed by atoms with Gasteiger partial charge in [-0.25, -0.2) is 0 Å². The molecule has 3 unspecified atom stereocenters. The predicted molar refractivity (Wildman–Crippen MR) is 65.1 cm³/mol. The van der Waals surface area contributed by atoms with Crippen molar-refractivity contribution in [3.05, 3.63) is 11.8 Å². The molecular weight excluding hydrogens is 198 g/mol. The Bertz CT molecular complexity index is 276. The van der Waals surface area contributed by atoms with Crippen LogP contribution < -0.4 is 5.32 Å². The summed E-state index contributed by atoms with van der Waals surface area (Å²) >= 11 is 0. The molecule has 3 aliphatic rings. The molecule has 0 aromatic rings. The van der Waals surface area contributed by atoms with Gasteiger partial charge in [0.25, 0.3) is 0 Å². The average Bonchev–Trinajstić information content (AvgIpc) is 2.80. The molecular formula is C14H23NO. The van der Waals surface area contributed by atoms with Gasteiger partial charge in [0.2, 0.25) is 0 Å². The van der Waals surface area contributed by atoms with E-state index in [0.717, 1.165) is 30.9 Å². The van der Waals surface area contributed by atoms with E-state index in [1.54, 1.807) is 0 Å². The van der Waals surface area contributed by atoms with Gasteiger partial charge in [0.15, 0.2) is 0 Å². The number of rotatable bonds is 4. The SMILES string of the molecule is CCNC(C1=COCCC1)C1C2CCCC21. The maximum absolute atomic E-state index is 5.51. The number of hydrogen-bond donors (Lipinski definition) is 1. The summed E-state index contributed by atoms with van der Waals surface area (Å²) in [7, 11) is 0. The van der Waals surface area contributed by atoms with Gasteiger partial charge in [-0.3, -0.25) is 0 Å². The van der Waals surface area contributed by atoms with E-state index in [0.29, 0.717) is 6.04 Å². The number of ether oxygens (including phenoxy) is 1. The highest BCUT2D eigenvalue weighted by atomic mass is 16.5. The van der Waals surface area contributed by atoms with E-state index in [-0.39, 0.29) is 0 Å². The Hall–Kier alpha value is -0.500. The number of fused-ring (bicyclic) bond motifs is 1. The van der Waals surface area contributed by atoms with Crippen molar-refractivity contribution in [3.63, 3.8) is 0 Å². The number of nitrogens with one attached hydrogen (secondary N) is 1. The number of likely N-dealkylation sites (N-methyl/N-ethyl adjacent to an activating group) is 1. The minimum Gasteiger partial charge on any atom is -0.501 e. The van der Waals surface area contributed by atoms with Gasteiger partial charge in [0.1, 0.15) is 0 Å². The fraction of sp³-hybridized carbons (Fsp3) is 0.857. The fourth-order valence-corrected chi connectivity index (χ4v) is 3.92. The second kappa shape index (κ2) is 4.40. The third-order valence-corrected chi connectivity index (χ3v) is 4.64. The van der Waals surface area contributed by atoms with Crippen LogP contribution in [0.3, 0.4) is 0 Å². The molecule has 0 aromatic carbocycles. The summed E-state index contributed by atoms with van der Waals surface area (Å²) in [5.41, 5.74) is 1.53. The molecule has 90 valence electrons. The standard InChI is InChI=1S/C14H23NO/c1-2-15-14(10-5-4-8-16-9-10)13-11-6-3-7-12(11)13/h9,11-15H,2-8H2,1H3. The quantitative estimate of drug-likeness (QED) is 0.788. The van der Waals surface area contributed by atoms with Crippen LogP contribution in [0.25, 0.3) is 0 Å². The maximum atomic E-state index is 5.51. The van der Waals surface area contributed by atoms with Gasteiger partial charge in [-0.1, -0.05) is 13.3 Å². The monoisotopic (exact) mass is 221 g/mol. The van der Waals surface area contributed by atoms with E-state index in [9.17, 15) is 0 Å².